The summed E-state index contributed by atoms with van der Waals surface area (Å²) < 4.78 is 24.2. The number of hydrogen-bond donors (Lipinski definition) is 0. The molecule has 3 heterocycles. The molecule has 2 saturated carbocycles. The molecule has 1 aromatic heterocycles. The molecule has 2 aliphatic heterocycles. The number of carbonyl (C=O) groups excluding carboxylic acids is 4. The third-order valence-electron chi connectivity index (χ3n) is 11.3. The lowest BCUT2D eigenvalue weighted by Crippen LogP contribution is -2.72. The van der Waals surface area contributed by atoms with Crippen molar-refractivity contribution in [1.82, 2.24) is 0 Å². The Morgan fingerprint density at radius 2 is 1.74 bits per heavy atom. The predicted molar refractivity (Wildman–Crippen MR) is 134 cm³/mol. The maximum Gasteiger partial charge on any atom is 0.339 e. The zero-order chi connectivity index (χ0) is 27.6. The molecule has 8 heteroatoms. The Bertz CT molecular complexity index is 1300. The monoisotopic (exact) mass is 524 g/mol. The SMILES string of the molecule is CC(=O)O[C@@H]1C[C@H]2C(C)(C)C(=O)C=C[C@]2(C)[C@H]2CC[C@@]3(C)[C@H](c4ccoc4C(C)=O)OC(=O)[C@H]4O[C@]43[C@@]21C. The van der Waals surface area contributed by atoms with Gasteiger partial charge in [0.15, 0.2) is 23.4 Å². The molecule has 2 saturated heterocycles. The standard InChI is InChI=1S/C30H36O8/c1-15(31)22-17(10-13-35-22)23-28(6)12-8-18-27(5)11-9-20(33)26(3,4)19(27)14-21(36-16(2)32)29(18,7)30(28)24(38-30)25(34)37-23/h9-11,13,18-19,21,23-24H,8,12,14H2,1-7H3/t18-,19+,21-,23+,24-,27-,28+,29+,30-/m1/s1. The van der Waals surface area contributed by atoms with Gasteiger partial charge in [0, 0.05) is 35.7 Å². The van der Waals surface area contributed by atoms with E-state index in [1.54, 1.807) is 12.1 Å². The van der Waals surface area contributed by atoms with E-state index >= 15 is 0 Å². The lowest BCUT2D eigenvalue weighted by molar-refractivity contribution is -0.251. The van der Waals surface area contributed by atoms with Gasteiger partial charge in [-0.25, -0.2) is 4.79 Å². The number of fused-ring (bicyclic) bond motifs is 3. The second kappa shape index (κ2) is 7.46. The van der Waals surface area contributed by atoms with Crippen LogP contribution in [0.5, 0.6) is 0 Å². The van der Waals surface area contributed by atoms with E-state index < -0.39 is 52.1 Å². The molecule has 0 aromatic carbocycles. The van der Waals surface area contributed by atoms with Crippen molar-refractivity contribution >= 4 is 23.5 Å². The zero-order valence-corrected chi connectivity index (χ0v) is 23.1. The zero-order valence-electron chi connectivity index (χ0n) is 23.1. The Hall–Kier alpha value is -2.74. The summed E-state index contributed by atoms with van der Waals surface area (Å²) in [6.45, 7) is 13.1. The highest BCUT2D eigenvalue weighted by Crippen LogP contribution is 2.79. The van der Waals surface area contributed by atoms with Crippen LogP contribution in [-0.4, -0.2) is 41.3 Å². The van der Waals surface area contributed by atoms with Gasteiger partial charge in [0.05, 0.1) is 6.26 Å². The van der Waals surface area contributed by atoms with Crippen molar-refractivity contribution in [3.8, 4) is 0 Å². The molecule has 0 N–H and O–H groups in total. The smallest absolute Gasteiger partial charge is 0.339 e. The second-order valence-electron chi connectivity index (χ2n) is 13.3. The molecule has 0 amide bonds. The van der Waals surface area contributed by atoms with E-state index in [2.05, 4.69) is 26.8 Å². The molecule has 5 aliphatic rings. The third-order valence-corrected chi connectivity index (χ3v) is 11.3. The van der Waals surface area contributed by atoms with Gasteiger partial charge in [-0.3, -0.25) is 14.4 Å². The molecule has 0 unspecified atom stereocenters. The van der Waals surface area contributed by atoms with Crippen LogP contribution < -0.4 is 0 Å². The van der Waals surface area contributed by atoms with Crippen LogP contribution in [-0.2, 0) is 28.6 Å². The summed E-state index contributed by atoms with van der Waals surface area (Å²) in [7, 11) is 0. The van der Waals surface area contributed by atoms with Crippen LogP contribution in [0.3, 0.4) is 0 Å². The minimum absolute atomic E-state index is 0.0389. The van der Waals surface area contributed by atoms with Crippen molar-refractivity contribution in [3.63, 3.8) is 0 Å². The van der Waals surface area contributed by atoms with Crippen molar-refractivity contribution in [2.24, 2.45) is 33.5 Å². The average molecular weight is 525 g/mol. The first-order valence-corrected chi connectivity index (χ1v) is 13.5. The van der Waals surface area contributed by atoms with Crippen molar-refractivity contribution in [2.45, 2.75) is 91.6 Å². The first-order valence-electron chi connectivity index (χ1n) is 13.5. The van der Waals surface area contributed by atoms with E-state index in [-0.39, 0.29) is 34.6 Å². The molecule has 204 valence electrons. The van der Waals surface area contributed by atoms with E-state index in [0.717, 1.165) is 6.42 Å². The van der Waals surface area contributed by atoms with Gasteiger partial charge in [0.2, 0.25) is 0 Å². The number of ketones is 2. The van der Waals surface area contributed by atoms with Crippen molar-refractivity contribution in [2.75, 3.05) is 0 Å². The number of cyclic esters (lactones) is 1. The first kappa shape index (κ1) is 25.5. The van der Waals surface area contributed by atoms with Gasteiger partial charge < -0.3 is 18.6 Å². The minimum atomic E-state index is -0.984. The molecule has 0 radical (unpaired) electrons. The summed E-state index contributed by atoms with van der Waals surface area (Å²) in [5.74, 6) is -0.981. The Morgan fingerprint density at radius 1 is 1.03 bits per heavy atom. The highest BCUT2D eigenvalue weighted by atomic mass is 16.7. The molecule has 4 fully saturated rings. The maximum absolute atomic E-state index is 13.4. The molecular weight excluding hydrogens is 488 g/mol. The van der Waals surface area contributed by atoms with E-state index in [9.17, 15) is 19.2 Å². The lowest BCUT2D eigenvalue weighted by Gasteiger charge is -2.68. The van der Waals surface area contributed by atoms with E-state index in [1.165, 1.54) is 20.1 Å². The van der Waals surface area contributed by atoms with Crippen molar-refractivity contribution in [3.05, 3.63) is 35.8 Å². The van der Waals surface area contributed by atoms with Gasteiger partial charge >= 0.3 is 11.9 Å². The molecule has 9 atom stereocenters. The van der Waals surface area contributed by atoms with Crippen LogP contribution in [0.4, 0.5) is 0 Å². The van der Waals surface area contributed by atoms with Gasteiger partial charge in [0.25, 0.3) is 0 Å². The van der Waals surface area contributed by atoms with Crippen LogP contribution >= 0.6 is 0 Å². The lowest BCUT2D eigenvalue weighted by atomic mass is 9.35. The number of furan rings is 1. The van der Waals surface area contributed by atoms with Crippen LogP contribution in [0.25, 0.3) is 0 Å². The highest BCUT2D eigenvalue weighted by molar-refractivity contribution is 5.96. The topological polar surface area (TPSA) is 112 Å². The van der Waals surface area contributed by atoms with Crippen LogP contribution in [0.2, 0.25) is 0 Å². The molecule has 0 bridgehead atoms. The summed E-state index contributed by atoms with van der Waals surface area (Å²) in [5, 5.41) is 0. The number of Topliss-reactive ketones (excluding diaryl/α,β-unsaturated/α-hetero) is 1. The van der Waals surface area contributed by atoms with Gasteiger partial charge in [-0.15, -0.1) is 0 Å². The molecular formula is C30H36O8. The fourth-order valence-corrected chi connectivity index (χ4v) is 9.56. The van der Waals surface area contributed by atoms with Gasteiger partial charge in [-0.2, -0.15) is 0 Å². The number of allylic oxidation sites excluding steroid dienone is 2. The number of carbonyl (C=O) groups is 4. The predicted octanol–water partition coefficient (Wildman–Crippen LogP) is 4.76. The fraction of sp³-hybridized carbons (Fsp3) is 0.667. The number of ether oxygens (including phenoxy) is 3. The first-order chi connectivity index (χ1) is 17.7. The van der Waals surface area contributed by atoms with Crippen molar-refractivity contribution < 1.29 is 37.8 Å². The summed E-state index contributed by atoms with van der Waals surface area (Å²) in [6.07, 6.45) is 4.95. The Labute approximate surface area is 222 Å². The summed E-state index contributed by atoms with van der Waals surface area (Å²) in [5.41, 5.74) is -2.94. The molecule has 38 heavy (non-hydrogen) atoms. The Kier molecular flexibility index (Phi) is 5.01. The van der Waals surface area contributed by atoms with Crippen molar-refractivity contribution in [1.29, 1.82) is 0 Å². The molecule has 1 aromatic rings. The van der Waals surface area contributed by atoms with Crippen LogP contribution in [0.1, 0.15) is 90.0 Å². The number of epoxide rings is 1. The largest absolute Gasteiger partial charge is 0.462 e. The maximum atomic E-state index is 13.4. The summed E-state index contributed by atoms with van der Waals surface area (Å²) in [4.78, 5) is 51.4. The third kappa shape index (κ3) is 2.75. The molecule has 3 aliphatic carbocycles. The Morgan fingerprint density at radius 3 is 2.39 bits per heavy atom. The van der Waals surface area contributed by atoms with Gasteiger partial charge in [0.1, 0.15) is 17.8 Å². The van der Waals surface area contributed by atoms with Gasteiger partial charge in [-0.05, 0) is 48.7 Å². The minimum Gasteiger partial charge on any atom is -0.462 e. The van der Waals surface area contributed by atoms with E-state index in [4.69, 9.17) is 18.6 Å². The van der Waals surface area contributed by atoms with E-state index in [1.807, 2.05) is 13.8 Å². The Balaban J connectivity index is 1.55. The average Bonchev–Trinajstić information content (AvgIpc) is 3.43. The molecule has 8 nitrogen and oxygen atoms in total. The molecule has 1 spiro atoms. The van der Waals surface area contributed by atoms with Gasteiger partial charge in [-0.1, -0.05) is 40.7 Å². The number of rotatable bonds is 3. The van der Waals surface area contributed by atoms with Crippen LogP contribution in [0.15, 0.2) is 28.9 Å². The van der Waals surface area contributed by atoms with E-state index in [0.29, 0.717) is 18.4 Å². The summed E-state index contributed by atoms with van der Waals surface area (Å²) in [6, 6.07) is 1.70. The van der Waals surface area contributed by atoms with Crippen LogP contribution in [0, 0.1) is 33.5 Å². The quantitative estimate of drug-likeness (QED) is 0.316. The second-order valence-corrected chi connectivity index (χ2v) is 13.3. The fourth-order valence-electron chi connectivity index (χ4n) is 9.56. The number of hydrogen-bond acceptors (Lipinski definition) is 8. The summed E-state index contributed by atoms with van der Waals surface area (Å²) >= 11 is 0. The molecule has 6 rings (SSSR count). The number of esters is 2. The highest BCUT2D eigenvalue weighted by Gasteiger charge is 2.88. The normalized spacial score (nSPS) is 46.1.